The molecule has 0 fully saturated rings. The normalized spacial score (nSPS) is 10.6. The maximum atomic E-state index is 12.4. The first kappa shape index (κ1) is 14.7. The number of carbonyl (C=O) groups is 1. The molecule has 2 heterocycles. The van der Waals surface area contributed by atoms with E-state index in [0.717, 1.165) is 4.88 Å². The van der Waals surface area contributed by atoms with Crippen LogP contribution >= 0.6 is 22.9 Å². The second-order valence-electron chi connectivity index (χ2n) is 4.63. The minimum atomic E-state index is -0.193. The van der Waals surface area contributed by atoms with Gasteiger partial charge in [-0.1, -0.05) is 35.0 Å². The maximum Gasteiger partial charge on any atom is 0.255 e. The van der Waals surface area contributed by atoms with Crippen LogP contribution < -0.4 is 0 Å². The van der Waals surface area contributed by atoms with E-state index in [1.165, 1.54) is 16.2 Å². The molecular weight excluding hydrogens is 322 g/mol. The number of carbonyl (C=O) groups excluding carboxylic acids is 1. The molecule has 0 aliphatic carbocycles. The molecule has 0 aliphatic heterocycles. The van der Waals surface area contributed by atoms with E-state index in [2.05, 4.69) is 10.1 Å². The van der Waals surface area contributed by atoms with Gasteiger partial charge in [-0.05, 0) is 23.6 Å². The smallest absolute Gasteiger partial charge is 0.255 e. The highest BCUT2D eigenvalue weighted by molar-refractivity contribution is 7.13. The van der Waals surface area contributed by atoms with E-state index in [-0.39, 0.29) is 12.5 Å². The summed E-state index contributed by atoms with van der Waals surface area (Å²) >= 11 is 7.57. The second-order valence-corrected chi connectivity index (χ2v) is 5.98. The predicted octanol–water partition coefficient (Wildman–Crippen LogP) is 3.72. The maximum absolute atomic E-state index is 12.4. The van der Waals surface area contributed by atoms with E-state index in [1.54, 1.807) is 31.3 Å². The lowest BCUT2D eigenvalue weighted by atomic mass is 10.2. The number of aromatic nitrogens is 2. The molecule has 1 aromatic carbocycles. The lowest BCUT2D eigenvalue weighted by Crippen LogP contribution is -2.26. The van der Waals surface area contributed by atoms with Gasteiger partial charge < -0.3 is 9.42 Å². The van der Waals surface area contributed by atoms with Gasteiger partial charge in [0.2, 0.25) is 11.7 Å². The number of halogens is 1. The zero-order valence-electron chi connectivity index (χ0n) is 11.7. The molecule has 0 saturated carbocycles. The molecule has 0 unspecified atom stereocenters. The first-order valence-electron chi connectivity index (χ1n) is 6.51. The van der Waals surface area contributed by atoms with E-state index in [9.17, 15) is 4.79 Å². The van der Waals surface area contributed by atoms with Crippen LogP contribution in [0, 0.1) is 0 Å². The van der Waals surface area contributed by atoms with Crippen molar-refractivity contribution in [2.75, 3.05) is 7.05 Å². The third-order valence-corrected chi connectivity index (χ3v) is 4.23. The van der Waals surface area contributed by atoms with Gasteiger partial charge in [0.25, 0.3) is 5.91 Å². The minimum Gasteiger partial charge on any atom is -0.337 e. The van der Waals surface area contributed by atoms with E-state index in [0.29, 0.717) is 22.3 Å². The first-order chi connectivity index (χ1) is 10.6. The monoisotopic (exact) mass is 333 g/mol. The predicted molar refractivity (Wildman–Crippen MR) is 84.9 cm³/mol. The Morgan fingerprint density at radius 2 is 2.14 bits per heavy atom. The van der Waals surface area contributed by atoms with Gasteiger partial charge in [-0.2, -0.15) is 4.98 Å². The minimum absolute atomic E-state index is 0.193. The molecule has 5 nitrogen and oxygen atoms in total. The molecule has 3 aromatic rings. The molecule has 0 N–H and O–H groups in total. The standard InChI is InChI=1S/C15H12ClN3O2S/c1-19(15(20)10-5-2-3-6-11(10)16)9-13-17-14(18-21-13)12-7-4-8-22-12/h2-8H,9H2,1H3. The van der Waals surface area contributed by atoms with Crippen molar-refractivity contribution >= 4 is 28.8 Å². The van der Waals surface area contributed by atoms with Crippen LogP contribution in [0.5, 0.6) is 0 Å². The van der Waals surface area contributed by atoms with Crippen LogP contribution in [0.4, 0.5) is 0 Å². The van der Waals surface area contributed by atoms with Crippen molar-refractivity contribution in [2.24, 2.45) is 0 Å². The Balaban J connectivity index is 1.73. The number of amides is 1. The van der Waals surface area contributed by atoms with E-state index < -0.39 is 0 Å². The van der Waals surface area contributed by atoms with Crippen LogP contribution in [0.15, 0.2) is 46.3 Å². The second kappa shape index (κ2) is 6.29. The summed E-state index contributed by atoms with van der Waals surface area (Å²) in [6.07, 6.45) is 0. The summed E-state index contributed by atoms with van der Waals surface area (Å²) < 4.78 is 5.19. The lowest BCUT2D eigenvalue weighted by molar-refractivity contribution is 0.0770. The number of thiophene rings is 1. The van der Waals surface area contributed by atoms with Gasteiger partial charge in [-0.25, -0.2) is 0 Å². The molecule has 22 heavy (non-hydrogen) atoms. The highest BCUT2D eigenvalue weighted by Gasteiger charge is 2.18. The van der Waals surface area contributed by atoms with Crippen LogP contribution in [0.3, 0.4) is 0 Å². The highest BCUT2D eigenvalue weighted by atomic mass is 35.5. The van der Waals surface area contributed by atoms with Crippen molar-refractivity contribution in [1.29, 1.82) is 0 Å². The zero-order chi connectivity index (χ0) is 15.5. The zero-order valence-corrected chi connectivity index (χ0v) is 13.3. The summed E-state index contributed by atoms with van der Waals surface area (Å²) in [6.45, 7) is 0.225. The number of hydrogen-bond acceptors (Lipinski definition) is 5. The fourth-order valence-corrected chi connectivity index (χ4v) is 2.81. The molecule has 1 amide bonds. The largest absolute Gasteiger partial charge is 0.337 e. The van der Waals surface area contributed by atoms with E-state index in [1.807, 2.05) is 17.5 Å². The van der Waals surface area contributed by atoms with Crippen LogP contribution in [0.2, 0.25) is 5.02 Å². The van der Waals surface area contributed by atoms with Gasteiger partial charge in [0.1, 0.15) is 0 Å². The third kappa shape index (κ3) is 3.03. The van der Waals surface area contributed by atoms with Gasteiger partial charge in [-0.3, -0.25) is 4.79 Å². The Labute approximate surface area is 136 Å². The number of nitrogens with zero attached hydrogens (tertiary/aromatic N) is 3. The average Bonchev–Trinajstić information content (AvgIpc) is 3.17. The fraction of sp³-hybridized carbons (Fsp3) is 0.133. The SMILES string of the molecule is CN(Cc1nc(-c2cccs2)no1)C(=O)c1ccccc1Cl. The Hall–Kier alpha value is -2.18. The number of hydrogen-bond donors (Lipinski definition) is 0. The van der Waals surface area contributed by atoms with Crippen molar-refractivity contribution < 1.29 is 9.32 Å². The molecule has 0 saturated heterocycles. The van der Waals surface area contributed by atoms with Crippen molar-refractivity contribution in [3.63, 3.8) is 0 Å². The van der Waals surface area contributed by atoms with Crippen molar-refractivity contribution in [3.8, 4) is 10.7 Å². The topological polar surface area (TPSA) is 59.2 Å². The quantitative estimate of drug-likeness (QED) is 0.730. The molecule has 112 valence electrons. The number of rotatable bonds is 4. The molecule has 2 aromatic heterocycles. The fourth-order valence-electron chi connectivity index (χ4n) is 1.94. The van der Waals surface area contributed by atoms with Gasteiger partial charge in [0.15, 0.2) is 0 Å². The molecule has 0 spiro atoms. The molecular formula is C15H12ClN3O2S. The van der Waals surface area contributed by atoms with Crippen LogP contribution in [0.1, 0.15) is 16.2 Å². The summed E-state index contributed by atoms with van der Waals surface area (Å²) in [5.74, 6) is 0.719. The van der Waals surface area contributed by atoms with Gasteiger partial charge in [-0.15, -0.1) is 11.3 Å². The van der Waals surface area contributed by atoms with Gasteiger partial charge in [0.05, 0.1) is 22.0 Å². The Bertz CT molecular complexity index is 786. The molecule has 3 rings (SSSR count). The van der Waals surface area contributed by atoms with Crippen LogP contribution in [-0.2, 0) is 6.54 Å². The van der Waals surface area contributed by atoms with Crippen molar-refractivity contribution in [1.82, 2.24) is 15.0 Å². The summed E-state index contributed by atoms with van der Waals surface area (Å²) in [4.78, 5) is 19.1. The first-order valence-corrected chi connectivity index (χ1v) is 7.77. The summed E-state index contributed by atoms with van der Waals surface area (Å²) in [5.41, 5.74) is 0.449. The highest BCUT2D eigenvalue weighted by Crippen LogP contribution is 2.22. The van der Waals surface area contributed by atoms with Crippen LogP contribution in [-0.4, -0.2) is 28.0 Å². The molecule has 0 bridgehead atoms. The molecule has 7 heteroatoms. The van der Waals surface area contributed by atoms with Crippen LogP contribution in [0.25, 0.3) is 10.7 Å². The van der Waals surface area contributed by atoms with Crippen molar-refractivity contribution in [3.05, 3.63) is 58.3 Å². The third-order valence-electron chi connectivity index (χ3n) is 3.03. The number of benzene rings is 1. The molecule has 0 radical (unpaired) electrons. The Morgan fingerprint density at radius 3 is 2.86 bits per heavy atom. The summed E-state index contributed by atoms with van der Waals surface area (Å²) in [5, 5.41) is 6.29. The molecule has 0 aliphatic rings. The Kier molecular flexibility index (Phi) is 4.22. The van der Waals surface area contributed by atoms with Gasteiger partial charge in [0, 0.05) is 7.05 Å². The average molecular weight is 334 g/mol. The van der Waals surface area contributed by atoms with E-state index in [4.69, 9.17) is 16.1 Å². The van der Waals surface area contributed by atoms with Gasteiger partial charge >= 0.3 is 0 Å². The van der Waals surface area contributed by atoms with Crippen molar-refractivity contribution in [2.45, 2.75) is 6.54 Å². The molecule has 0 atom stereocenters. The Morgan fingerprint density at radius 1 is 1.32 bits per heavy atom. The lowest BCUT2D eigenvalue weighted by Gasteiger charge is -2.15. The van der Waals surface area contributed by atoms with E-state index >= 15 is 0 Å². The summed E-state index contributed by atoms with van der Waals surface area (Å²) in [7, 11) is 1.67. The summed E-state index contributed by atoms with van der Waals surface area (Å²) in [6, 6.07) is 10.8.